The minimum atomic E-state index is -0.352. The van der Waals surface area contributed by atoms with Crippen molar-refractivity contribution in [3.05, 3.63) is 0 Å². The molecule has 1 atom stereocenters. The van der Waals surface area contributed by atoms with Crippen molar-refractivity contribution in [2.24, 2.45) is 17.4 Å². The minimum Gasteiger partial charge on any atom is -0.370 e. The summed E-state index contributed by atoms with van der Waals surface area (Å²) in [5, 5.41) is 3.14. The molecular weight excluding hydrogens is 196 g/mol. The molecule has 0 radical (unpaired) electrons. The van der Waals surface area contributed by atoms with Crippen molar-refractivity contribution in [1.29, 1.82) is 0 Å². The second kappa shape index (κ2) is 5.55. The van der Waals surface area contributed by atoms with Crippen LogP contribution in [0.15, 0.2) is 0 Å². The molecule has 1 aliphatic heterocycles. The number of nitrogens with two attached hydrogens (primary N) is 2. The van der Waals surface area contributed by atoms with Crippen LogP contribution in [-0.4, -0.2) is 43.0 Å². The topological polar surface area (TPSA) is 101 Å². The zero-order valence-electron chi connectivity index (χ0n) is 8.74. The average Bonchev–Trinajstić information content (AvgIpc) is 2.60. The lowest BCUT2D eigenvalue weighted by atomic mass is 10.1. The first kappa shape index (κ1) is 11.8. The largest absolute Gasteiger partial charge is 0.370 e. The Morgan fingerprint density at radius 3 is 2.67 bits per heavy atom. The summed E-state index contributed by atoms with van der Waals surface area (Å²) in [6, 6.07) is -0.352. The molecular formula is C9H18N4O2. The van der Waals surface area contributed by atoms with E-state index in [4.69, 9.17) is 11.5 Å². The Morgan fingerprint density at radius 1 is 1.40 bits per heavy atom. The van der Waals surface area contributed by atoms with Gasteiger partial charge in [-0.1, -0.05) is 0 Å². The van der Waals surface area contributed by atoms with E-state index in [0.717, 1.165) is 19.5 Å². The van der Waals surface area contributed by atoms with Crippen LogP contribution < -0.4 is 16.8 Å². The Labute approximate surface area is 89.0 Å². The number of nitrogens with zero attached hydrogens (tertiary/aromatic N) is 1. The molecule has 5 N–H and O–H groups in total. The SMILES string of the molecule is NC(=O)CCNCC1CCN(C(N)=O)C1. The Hall–Kier alpha value is -1.30. The third-order valence-corrected chi connectivity index (χ3v) is 2.58. The molecule has 1 heterocycles. The fourth-order valence-electron chi connectivity index (χ4n) is 1.72. The van der Waals surface area contributed by atoms with Crippen molar-refractivity contribution in [3.8, 4) is 0 Å². The Morgan fingerprint density at radius 2 is 2.13 bits per heavy atom. The van der Waals surface area contributed by atoms with Gasteiger partial charge < -0.3 is 21.7 Å². The molecule has 6 heteroatoms. The van der Waals surface area contributed by atoms with Gasteiger partial charge in [0.25, 0.3) is 0 Å². The monoisotopic (exact) mass is 214 g/mol. The molecule has 3 amide bonds. The maximum Gasteiger partial charge on any atom is 0.314 e. The average molecular weight is 214 g/mol. The number of rotatable bonds is 5. The summed E-state index contributed by atoms with van der Waals surface area (Å²) in [6.07, 6.45) is 1.32. The molecule has 0 aromatic rings. The highest BCUT2D eigenvalue weighted by molar-refractivity contribution is 5.73. The third-order valence-electron chi connectivity index (χ3n) is 2.58. The molecule has 15 heavy (non-hydrogen) atoms. The summed E-state index contributed by atoms with van der Waals surface area (Å²) in [5.74, 6) is 0.137. The summed E-state index contributed by atoms with van der Waals surface area (Å²) in [4.78, 5) is 22.9. The molecule has 1 aliphatic rings. The number of nitrogens with one attached hydrogen (secondary N) is 1. The number of primary amides is 2. The Balaban J connectivity index is 2.09. The van der Waals surface area contributed by atoms with Gasteiger partial charge >= 0.3 is 6.03 Å². The van der Waals surface area contributed by atoms with Crippen molar-refractivity contribution in [2.45, 2.75) is 12.8 Å². The van der Waals surface area contributed by atoms with Gasteiger partial charge in [0.2, 0.25) is 5.91 Å². The van der Waals surface area contributed by atoms with Gasteiger partial charge in [-0.05, 0) is 18.9 Å². The number of hydrogen-bond donors (Lipinski definition) is 3. The second-order valence-corrected chi connectivity index (χ2v) is 3.86. The molecule has 0 spiro atoms. The zero-order valence-corrected chi connectivity index (χ0v) is 8.74. The van der Waals surface area contributed by atoms with Crippen molar-refractivity contribution in [2.75, 3.05) is 26.2 Å². The summed E-state index contributed by atoms with van der Waals surface area (Å²) in [7, 11) is 0. The molecule has 1 saturated heterocycles. The van der Waals surface area contributed by atoms with E-state index in [1.165, 1.54) is 0 Å². The normalized spacial score (nSPS) is 20.5. The van der Waals surface area contributed by atoms with E-state index in [2.05, 4.69) is 5.32 Å². The van der Waals surface area contributed by atoms with E-state index >= 15 is 0 Å². The van der Waals surface area contributed by atoms with Gasteiger partial charge in [0.1, 0.15) is 0 Å². The summed E-state index contributed by atoms with van der Waals surface area (Å²) >= 11 is 0. The molecule has 0 aliphatic carbocycles. The minimum absolute atomic E-state index is 0.298. The van der Waals surface area contributed by atoms with Crippen LogP contribution >= 0.6 is 0 Å². The van der Waals surface area contributed by atoms with E-state index in [0.29, 0.717) is 25.4 Å². The van der Waals surface area contributed by atoms with Gasteiger partial charge in [0.15, 0.2) is 0 Å². The van der Waals surface area contributed by atoms with Crippen molar-refractivity contribution in [3.63, 3.8) is 0 Å². The van der Waals surface area contributed by atoms with Crippen molar-refractivity contribution < 1.29 is 9.59 Å². The fourth-order valence-corrected chi connectivity index (χ4v) is 1.72. The molecule has 86 valence electrons. The lowest BCUT2D eigenvalue weighted by molar-refractivity contribution is -0.117. The van der Waals surface area contributed by atoms with E-state index in [1.54, 1.807) is 4.90 Å². The standard InChI is InChI=1S/C9H18N4O2/c10-8(14)1-3-12-5-7-2-4-13(6-7)9(11)15/h7,12H,1-6H2,(H2,10,14)(H2,11,15). The van der Waals surface area contributed by atoms with Crippen LogP contribution in [-0.2, 0) is 4.79 Å². The van der Waals surface area contributed by atoms with Crippen molar-refractivity contribution >= 4 is 11.9 Å². The van der Waals surface area contributed by atoms with Crippen LogP contribution in [0.25, 0.3) is 0 Å². The first-order chi connectivity index (χ1) is 7.09. The number of urea groups is 1. The highest BCUT2D eigenvalue weighted by Crippen LogP contribution is 2.14. The van der Waals surface area contributed by atoms with Gasteiger partial charge in [-0.2, -0.15) is 0 Å². The molecule has 0 bridgehead atoms. The van der Waals surface area contributed by atoms with Crippen LogP contribution in [0.5, 0.6) is 0 Å². The maximum atomic E-state index is 10.8. The molecule has 6 nitrogen and oxygen atoms in total. The molecule has 0 aromatic carbocycles. The molecule has 1 fully saturated rings. The predicted octanol–water partition coefficient (Wildman–Crippen LogP) is -1.15. The Kier molecular flexibility index (Phi) is 4.36. The summed E-state index contributed by atoms with van der Waals surface area (Å²) in [6.45, 7) is 2.84. The van der Waals surface area contributed by atoms with Crippen LogP contribution in [0.2, 0.25) is 0 Å². The van der Waals surface area contributed by atoms with Crippen LogP contribution in [0.3, 0.4) is 0 Å². The summed E-state index contributed by atoms with van der Waals surface area (Å²) < 4.78 is 0. The number of amides is 3. The highest BCUT2D eigenvalue weighted by atomic mass is 16.2. The maximum absolute atomic E-state index is 10.8. The van der Waals surface area contributed by atoms with Crippen molar-refractivity contribution in [1.82, 2.24) is 10.2 Å². The molecule has 0 saturated carbocycles. The van der Waals surface area contributed by atoms with E-state index in [9.17, 15) is 9.59 Å². The van der Waals surface area contributed by atoms with Gasteiger partial charge in [-0.3, -0.25) is 4.79 Å². The second-order valence-electron chi connectivity index (χ2n) is 3.86. The van der Waals surface area contributed by atoms with Gasteiger partial charge in [0, 0.05) is 26.1 Å². The lowest BCUT2D eigenvalue weighted by Gasteiger charge is -2.13. The number of carbonyl (C=O) groups excluding carboxylic acids is 2. The van der Waals surface area contributed by atoms with E-state index in [-0.39, 0.29) is 11.9 Å². The van der Waals surface area contributed by atoms with Crippen LogP contribution in [0.1, 0.15) is 12.8 Å². The fraction of sp³-hybridized carbons (Fsp3) is 0.778. The van der Waals surface area contributed by atoms with Gasteiger partial charge in [-0.25, -0.2) is 4.79 Å². The smallest absolute Gasteiger partial charge is 0.314 e. The van der Waals surface area contributed by atoms with E-state index in [1.807, 2.05) is 0 Å². The van der Waals surface area contributed by atoms with E-state index < -0.39 is 0 Å². The molecule has 1 unspecified atom stereocenters. The highest BCUT2D eigenvalue weighted by Gasteiger charge is 2.23. The van der Waals surface area contributed by atoms with Gasteiger partial charge in [-0.15, -0.1) is 0 Å². The van der Waals surface area contributed by atoms with Crippen LogP contribution in [0, 0.1) is 5.92 Å². The molecule has 1 rings (SSSR count). The number of carbonyl (C=O) groups is 2. The van der Waals surface area contributed by atoms with Crippen LogP contribution in [0.4, 0.5) is 4.79 Å². The first-order valence-corrected chi connectivity index (χ1v) is 5.13. The first-order valence-electron chi connectivity index (χ1n) is 5.13. The number of hydrogen-bond acceptors (Lipinski definition) is 3. The Bertz CT molecular complexity index is 244. The third kappa shape index (κ3) is 4.16. The summed E-state index contributed by atoms with van der Waals surface area (Å²) in [5.41, 5.74) is 10.2. The predicted molar refractivity (Wildman–Crippen MR) is 55.9 cm³/mol. The quantitative estimate of drug-likeness (QED) is 0.504. The lowest BCUT2D eigenvalue weighted by Crippen LogP contribution is -2.35. The number of likely N-dealkylation sites (tertiary alicyclic amines) is 1. The molecule has 0 aromatic heterocycles. The zero-order chi connectivity index (χ0) is 11.3. The van der Waals surface area contributed by atoms with Gasteiger partial charge in [0.05, 0.1) is 0 Å².